The molecule has 0 aliphatic carbocycles. The lowest BCUT2D eigenvalue weighted by molar-refractivity contribution is -0.149. The summed E-state index contributed by atoms with van der Waals surface area (Å²) in [6.07, 6.45) is 0. The van der Waals surface area contributed by atoms with Gasteiger partial charge in [0.2, 0.25) is 0 Å². The fourth-order valence-corrected chi connectivity index (χ4v) is 3.33. The van der Waals surface area contributed by atoms with Crippen molar-refractivity contribution in [2.45, 2.75) is 12.6 Å². The van der Waals surface area contributed by atoms with Crippen LogP contribution in [0.25, 0.3) is 0 Å². The van der Waals surface area contributed by atoms with Crippen LogP contribution in [-0.2, 0) is 16.1 Å². The Balaban J connectivity index is 1.83. The number of hydrogen-bond donors (Lipinski definition) is 2. The van der Waals surface area contributed by atoms with Crippen molar-refractivity contribution in [3.05, 3.63) is 82.0 Å². The zero-order valence-corrected chi connectivity index (χ0v) is 16.0. The lowest BCUT2D eigenvalue weighted by Crippen LogP contribution is -2.50. The lowest BCUT2D eigenvalue weighted by atomic mass is 9.89. The Morgan fingerprint density at radius 3 is 2.58 bits per heavy atom. The first-order valence-electron chi connectivity index (χ1n) is 7.87. The SMILES string of the molecule is C=C1NC(=S)N[C@H](c2ccc(Cl)c(Cl)c2)[C@H]1C(=O)OCc1ccccc1. The van der Waals surface area contributed by atoms with Gasteiger partial charge in [-0.2, -0.15) is 0 Å². The lowest BCUT2D eigenvalue weighted by Gasteiger charge is -2.35. The largest absolute Gasteiger partial charge is 0.460 e. The number of carbonyl (C=O) groups is 1. The minimum Gasteiger partial charge on any atom is -0.460 e. The quantitative estimate of drug-likeness (QED) is 0.582. The first-order valence-corrected chi connectivity index (χ1v) is 9.04. The van der Waals surface area contributed by atoms with Crippen LogP contribution in [0.15, 0.2) is 60.8 Å². The molecule has 0 aromatic heterocycles. The highest BCUT2D eigenvalue weighted by molar-refractivity contribution is 7.80. The van der Waals surface area contributed by atoms with E-state index in [1.54, 1.807) is 18.2 Å². The van der Waals surface area contributed by atoms with Gasteiger partial charge in [-0.3, -0.25) is 4.79 Å². The van der Waals surface area contributed by atoms with Crippen LogP contribution in [0.1, 0.15) is 17.2 Å². The first-order chi connectivity index (χ1) is 12.5. The highest BCUT2D eigenvalue weighted by atomic mass is 35.5. The summed E-state index contributed by atoms with van der Waals surface area (Å²) in [5, 5.41) is 7.22. The molecule has 4 nitrogen and oxygen atoms in total. The first kappa shape index (κ1) is 18.7. The van der Waals surface area contributed by atoms with Crippen molar-refractivity contribution in [2.24, 2.45) is 5.92 Å². The summed E-state index contributed by atoms with van der Waals surface area (Å²) >= 11 is 17.3. The third kappa shape index (κ3) is 4.18. The number of ether oxygens (including phenoxy) is 1. The Bertz CT molecular complexity index is 858. The molecule has 2 aromatic carbocycles. The molecule has 2 N–H and O–H groups in total. The van der Waals surface area contributed by atoms with Gasteiger partial charge in [0.1, 0.15) is 12.5 Å². The van der Waals surface area contributed by atoms with E-state index in [4.69, 9.17) is 40.2 Å². The number of halogens is 2. The molecule has 1 saturated heterocycles. The van der Waals surface area contributed by atoms with Gasteiger partial charge in [-0.05, 0) is 35.5 Å². The van der Waals surface area contributed by atoms with Crippen LogP contribution in [0.4, 0.5) is 0 Å². The molecule has 1 aliphatic heterocycles. The minimum atomic E-state index is -0.664. The molecule has 0 amide bonds. The molecule has 2 atom stereocenters. The van der Waals surface area contributed by atoms with E-state index in [1.165, 1.54) is 0 Å². The molecule has 0 saturated carbocycles. The van der Waals surface area contributed by atoms with Gasteiger partial charge >= 0.3 is 5.97 Å². The summed E-state index contributed by atoms with van der Waals surface area (Å²) in [5.74, 6) is -1.07. The van der Waals surface area contributed by atoms with Crippen LogP contribution < -0.4 is 10.6 Å². The number of thiocarbonyl (C=S) groups is 1. The average Bonchev–Trinajstić information content (AvgIpc) is 2.62. The number of carbonyl (C=O) groups excluding carboxylic acids is 1. The second-order valence-electron chi connectivity index (χ2n) is 5.85. The molecule has 3 rings (SSSR count). The normalized spacial score (nSPS) is 19.5. The van der Waals surface area contributed by atoms with E-state index in [9.17, 15) is 4.79 Å². The topological polar surface area (TPSA) is 50.4 Å². The summed E-state index contributed by atoms with van der Waals surface area (Å²) < 4.78 is 5.50. The molecule has 134 valence electrons. The zero-order valence-electron chi connectivity index (χ0n) is 13.7. The van der Waals surface area contributed by atoms with Gasteiger partial charge in [0.15, 0.2) is 5.11 Å². The number of esters is 1. The Kier molecular flexibility index (Phi) is 5.81. The van der Waals surface area contributed by atoms with Crippen molar-refractivity contribution in [3.8, 4) is 0 Å². The zero-order chi connectivity index (χ0) is 18.7. The van der Waals surface area contributed by atoms with Gasteiger partial charge in [-0.1, -0.05) is 66.2 Å². The fraction of sp³-hybridized carbons (Fsp3) is 0.158. The summed E-state index contributed by atoms with van der Waals surface area (Å²) in [6, 6.07) is 14.2. The molecular weight excluding hydrogens is 391 g/mol. The molecule has 7 heteroatoms. The molecule has 0 bridgehead atoms. The van der Waals surface area contributed by atoms with Gasteiger partial charge in [0, 0.05) is 5.70 Å². The molecule has 1 aliphatic rings. The van der Waals surface area contributed by atoms with Crippen LogP contribution in [0.3, 0.4) is 0 Å². The summed E-state index contributed by atoms with van der Waals surface area (Å²) in [4.78, 5) is 12.8. The molecule has 0 radical (unpaired) electrons. The number of hydrogen-bond acceptors (Lipinski definition) is 3. The Morgan fingerprint density at radius 2 is 1.88 bits per heavy atom. The van der Waals surface area contributed by atoms with Crippen LogP contribution >= 0.6 is 35.4 Å². The van der Waals surface area contributed by atoms with Crippen molar-refractivity contribution in [1.82, 2.24) is 10.6 Å². The third-order valence-corrected chi connectivity index (χ3v) is 5.01. The number of benzene rings is 2. The van der Waals surface area contributed by atoms with Crippen molar-refractivity contribution < 1.29 is 9.53 Å². The number of rotatable bonds is 4. The molecule has 2 aromatic rings. The summed E-state index contributed by atoms with van der Waals surface area (Å²) in [6.45, 7) is 4.12. The standard InChI is InChI=1S/C19H16Cl2N2O2S/c1-11-16(18(24)25-10-12-5-3-2-4-6-12)17(23-19(26)22-11)13-7-8-14(20)15(21)9-13/h2-9,16-17H,1,10H2,(H2,22,23,26)/t16-,17+/m0/s1. The molecule has 0 unspecified atom stereocenters. The third-order valence-electron chi connectivity index (χ3n) is 4.05. The maximum Gasteiger partial charge on any atom is 0.317 e. The summed E-state index contributed by atoms with van der Waals surface area (Å²) in [7, 11) is 0. The Labute approximate surface area is 167 Å². The van der Waals surface area contributed by atoms with E-state index in [-0.39, 0.29) is 6.61 Å². The van der Waals surface area contributed by atoms with Gasteiger partial charge < -0.3 is 15.4 Å². The Morgan fingerprint density at radius 1 is 1.15 bits per heavy atom. The molecular formula is C19H16Cl2N2O2S. The van der Waals surface area contributed by atoms with Crippen LogP contribution in [0.5, 0.6) is 0 Å². The maximum atomic E-state index is 12.8. The van der Waals surface area contributed by atoms with E-state index in [1.807, 2.05) is 30.3 Å². The number of nitrogens with one attached hydrogen (secondary N) is 2. The van der Waals surface area contributed by atoms with E-state index in [2.05, 4.69) is 17.2 Å². The van der Waals surface area contributed by atoms with Crippen LogP contribution in [-0.4, -0.2) is 11.1 Å². The van der Waals surface area contributed by atoms with Crippen molar-refractivity contribution in [3.63, 3.8) is 0 Å². The smallest absolute Gasteiger partial charge is 0.317 e. The van der Waals surface area contributed by atoms with Crippen LogP contribution in [0, 0.1) is 5.92 Å². The minimum absolute atomic E-state index is 0.183. The Hall–Kier alpha value is -2.08. The van der Waals surface area contributed by atoms with E-state index in [0.29, 0.717) is 20.9 Å². The van der Waals surface area contributed by atoms with E-state index >= 15 is 0 Å². The second kappa shape index (κ2) is 8.08. The maximum absolute atomic E-state index is 12.8. The monoisotopic (exact) mass is 406 g/mol. The van der Waals surface area contributed by atoms with Crippen LogP contribution in [0.2, 0.25) is 10.0 Å². The van der Waals surface area contributed by atoms with Gasteiger partial charge in [-0.15, -0.1) is 0 Å². The van der Waals surface area contributed by atoms with Crippen molar-refractivity contribution >= 4 is 46.5 Å². The van der Waals surface area contributed by atoms with Crippen molar-refractivity contribution in [2.75, 3.05) is 0 Å². The predicted molar refractivity (Wildman–Crippen MR) is 107 cm³/mol. The second-order valence-corrected chi connectivity index (χ2v) is 7.07. The predicted octanol–water partition coefficient (Wildman–Crippen LogP) is 4.39. The summed E-state index contributed by atoms with van der Waals surface area (Å²) in [5.41, 5.74) is 2.15. The molecule has 1 fully saturated rings. The highest BCUT2D eigenvalue weighted by Gasteiger charge is 2.38. The molecule has 1 heterocycles. The molecule has 26 heavy (non-hydrogen) atoms. The van der Waals surface area contributed by atoms with Crippen molar-refractivity contribution in [1.29, 1.82) is 0 Å². The molecule has 0 spiro atoms. The van der Waals surface area contributed by atoms with E-state index < -0.39 is 17.9 Å². The van der Waals surface area contributed by atoms with Gasteiger partial charge in [-0.25, -0.2) is 0 Å². The van der Waals surface area contributed by atoms with Gasteiger partial charge in [0.25, 0.3) is 0 Å². The fourth-order valence-electron chi connectivity index (χ4n) is 2.76. The van der Waals surface area contributed by atoms with E-state index in [0.717, 1.165) is 11.1 Å². The average molecular weight is 407 g/mol. The van der Waals surface area contributed by atoms with Gasteiger partial charge in [0.05, 0.1) is 16.1 Å². The highest BCUT2D eigenvalue weighted by Crippen LogP contribution is 2.33.